The fraction of sp³-hybridized carbons (Fsp3) is 0.600. The molecule has 0 bridgehead atoms. The minimum atomic E-state index is 0.361. The molecule has 1 aliphatic carbocycles. The zero-order chi connectivity index (χ0) is 12.1. The smallest absolute Gasteiger partial charge is 0.119 e. The lowest BCUT2D eigenvalue weighted by molar-refractivity contribution is 0.339. The van der Waals surface area contributed by atoms with Crippen molar-refractivity contribution in [3.8, 4) is 5.75 Å². The normalized spacial score (nSPS) is 18.2. The molecule has 1 fully saturated rings. The predicted octanol–water partition coefficient (Wildman–Crippen LogP) is 3.12. The third-order valence-corrected chi connectivity index (χ3v) is 3.85. The van der Waals surface area contributed by atoms with Gasteiger partial charge in [0, 0.05) is 12.0 Å². The first-order chi connectivity index (χ1) is 8.30. The molecular weight excluding hydrogens is 210 g/mol. The van der Waals surface area contributed by atoms with Gasteiger partial charge in [0.05, 0.1) is 6.61 Å². The van der Waals surface area contributed by atoms with Crippen molar-refractivity contribution in [2.45, 2.75) is 38.0 Å². The second-order valence-electron chi connectivity index (χ2n) is 4.98. The van der Waals surface area contributed by atoms with Crippen LogP contribution in [0.4, 0.5) is 0 Å². The lowest BCUT2D eigenvalue weighted by atomic mass is 9.79. The Balaban J connectivity index is 2.18. The van der Waals surface area contributed by atoms with Crippen molar-refractivity contribution in [1.82, 2.24) is 5.32 Å². The largest absolute Gasteiger partial charge is 0.494 e. The Kier molecular flexibility index (Phi) is 4.06. The second kappa shape index (κ2) is 5.54. The van der Waals surface area contributed by atoms with Crippen LogP contribution in [-0.4, -0.2) is 20.2 Å². The third-order valence-electron chi connectivity index (χ3n) is 3.85. The van der Waals surface area contributed by atoms with Gasteiger partial charge in [-0.3, -0.25) is 0 Å². The summed E-state index contributed by atoms with van der Waals surface area (Å²) in [6, 6.07) is 8.70. The molecule has 2 nitrogen and oxygen atoms in total. The summed E-state index contributed by atoms with van der Waals surface area (Å²) in [5, 5.41) is 3.36. The molecule has 1 aliphatic rings. The van der Waals surface area contributed by atoms with E-state index in [0.717, 1.165) is 18.9 Å². The van der Waals surface area contributed by atoms with Crippen LogP contribution in [-0.2, 0) is 5.41 Å². The van der Waals surface area contributed by atoms with E-state index >= 15 is 0 Å². The van der Waals surface area contributed by atoms with Crippen LogP contribution < -0.4 is 10.1 Å². The maximum Gasteiger partial charge on any atom is 0.119 e. The summed E-state index contributed by atoms with van der Waals surface area (Å²) in [5.41, 5.74) is 1.83. The first kappa shape index (κ1) is 12.4. The molecule has 0 amide bonds. The average Bonchev–Trinajstić information content (AvgIpc) is 2.81. The van der Waals surface area contributed by atoms with Gasteiger partial charge in [-0.15, -0.1) is 0 Å². The van der Waals surface area contributed by atoms with Gasteiger partial charge in [0.25, 0.3) is 0 Å². The molecule has 2 rings (SSSR count). The zero-order valence-electron chi connectivity index (χ0n) is 11.0. The van der Waals surface area contributed by atoms with Crippen LogP contribution in [0.1, 0.15) is 38.2 Å². The number of rotatable bonds is 5. The Morgan fingerprint density at radius 3 is 2.35 bits per heavy atom. The van der Waals surface area contributed by atoms with E-state index in [1.165, 1.54) is 31.2 Å². The first-order valence-electron chi connectivity index (χ1n) is 6.69. The fourth-order valence-corrected chi connectivity index (χ4v) is 3.03. The minimum Gasteiger partial charge on any atom is -0.494 e. The van der Waals surface area contributed by atoms with Crippen molar-refractivity contribution in [3.63, 3.8) is 0 Å². The number of ether oxygens (including phenoxy) is 1. The van der Waals surface area contributed by atoms with Gasteiger partial charge in [-0.25, -0.2) is 0 Å². The van der Waals surface area contributed by atoms with Crippen LogP contribution in [0.15, 0.2) is 24.3 Å². The number of likely N-dealkylation sites (N-methyl/N-ethyl adjacent to an activating group) is 1. The fourth-order valence-electron chi connectivity index (χ4n) is 3.03. The van der Waals surface area contributed by atoms with Crippen LogP contribution in [0.3, 0.4) is 0 Å². The van der Waals surface area contributed by atoms with Gasteiger partial charge in [-0.05, 0) is 44.5 Å². The van der Waals surface area contributed by atoms with Crippen LogP contribution >= 0.6 is 0 Å². The average molecular weight is 233 g/mol. The molecule has 2 heteroatoms. The van der Waals surface area contributed by atoms with Gasteiger partial charge in [0.15, 0.2) is 0 Å². The van der Waals surface area contributed by atoms with Crippen molar-refractivity contribution < 1.29 is 4.74 Å². The Labute approximate surface area is 104 Å². The molecule has 0 heterocycles. The Hall–Kier alpha value is -1.02. The molecule has 1 N–H and O–H groups in total. The number of nitrogens with one attached hydrogen (secondary N) is 1. The van der Waals surface area contributed by atoms with Crippen molar-refractivity contribution in [3.05, 3.63) is 29.8 Å². The van der Waals surface area contributed by atoms with Crippen LogP contribution in [0.25, 0.3) is 0 Å². The van der Waals surface area contributed by atoms with E-state index in [4.69, 9.17) is 4.74 Å². The standard InChI is InChI=1S/C15H23NO/c1-3-17-14-8-6-13(7-9-14)15(12-16-2)10-4-5-11-15/h6-9,16H,3-5,10-12H2,1-2H3. The predicted molar refractivity (Wildman–Crippen MR) is 71.7 cm³/mol. The van der Waals surface area contributed by atoms with E-state index in [9.17, 15) is 0 Å². The van der Waals surface area contributed by atoms with Crippen molar-refractivity contribution >= 4 is 0 Å². The summed E-state index contributed by atoms with van der Waals surface area (Å²) in [5.74, 6) is 0.980. The lowest BCUT2D eigenvalue weighted by Crippen LogP contribution is -2.34. The molecule has 1 saturated carbocycles. The maximum atomic E-state index is 5.50. The van der Waals surface area contributed by atoms with Gasteiger partial charge in [0.2, 0.25) is 0 Å². The molecule has 0 spiro atoms. The molecule has 0 aromatic heterocycles. The Morgan fingerprint density at radius 1 is 1.18 bits per heavy atom. The van der Waals surface area contributed by atoms with Crippen molar-refractivity contribution in [1.29, 1.82) is 0 Å². The Morgan fingerprint density at radius 2 is 1.82 bits per heavy atom. The molecule has 0 radical (unpaired) electrons. The van der Waals surface area contributed by atoms with E-state index in [1.807, 2.05) is 6.92 Å². The molecule has 94 valence electrons. The summed E-state index contributed by atoms with van der Waals surface area (Å²) < 4.78 is 5.50. The molecule has 1 aromatic rings. The van der Waals surface area contributed by atoms with E-state index < -0.39 is 0 Å². The Bertz CT molecular complexity index is 338. The zero-order valence-corrected chi connectivity index (χ0v) is 11.0. The van der Waals surface area contributed by atoms with Crippen molar-refractivity contribution in [2.24, 2.45) is 0 Å². The molecular formula is C15H23NO. The molecule has 0 saturated heterocycles. The van der Waals surface area contributed by atoms with E-state index in [2.05, 4.69) is 36.6 Å². The summed E-state index contributed by atoms with van der Waals surface area (Å²) >= 11 is 0. The number of hydrogen-bond acceptors (Lipinski definition) is 2. The van der Waals surface area contributed by atoms with Gasteiger partial charge >= 0.3 is 0 Å². The number of benzene rings is 1. The summed E-state index contributed by atoms with van der Waals surface area (Å²) in [6.45, 7) is 3.84. The maximum absolute atomic E-state index is 5.50. The highest BCUT2D eigenvalue weighted by atomic mass is 16.5. The molecule has 0 unspecified atom stereocenters. The SMILES string of the molecule is CCOc1ccc(C2(CNC)CCCC2)cc1. The number of hydrogen-bond donors (Lipinski definition) is 1. The topological polar surface area (TPSA) is 21.3 Å². The monoisotopic (exact) mass is 233 g/mol. The van der Waals surface area contributed by atoms with Crippen LogP contribution in [0, 0.1) is 0 Å². The van der Waals surface area contributed by atoms with Gasteiger partial charge < -0.3 is 10.1 Å². The van der Waals surface area contributed by atoms with E-state index in [1.54, 1.807) is 0 Å². The minimum absolute atomic E-state index is 0.361. The molecule has 0 aliphatic heterocycles. The van der Waals surface area contributed by atoms with E-state index in [-0.39, 0.29) is 0 Å². The van der Waals surface area contributed by atoms with Crippen LogP contribution in [0.5, 0.6) is 5.75 Å². The quantitative estimate of drug-likeness (QED) is 0.843. The van der Waals surface area contributed by atoms with Gasteiger partial charge in [0.1, 0.15) is 5.75 Å². The van der Waals surface area contributed by atoms with Crippen molar-refractivity contribution in [2.75, 3.05) is 20.2 Å². The van der Waals surface area contributed by atoms with Gasteiger partial charge in [-0.1, -0.05) is 25.0 Å². The first-order valence-corrected chi connectivity index (χ1v) is 6.69. The van der Waals surface area contributed by atoms with E-state index in [0.29, 0.717) is 5.41 Å². The highest BCUT2D eigenvalue weighted by Gasteiger charge is 2.34. The third kappa shape index (κ3) is 2.63. The molecule has 0 atom stereocenters. The highest BCUT2D eigenvalue weighted by molar-refractivity contribution is 5.33. The summed E-state index contributed by atoms with van der Waals surface area (Å²) in [7, 11) is 2.05. The lowest BCUT2D eigenvalue weighted by Gasteiger charge is -2.29. The highest BCUT2D eigenvalue weighted by Crippen LogP contribution is 2.40. The molecule has 17 heavy (non-hydrogen) atoms. The van der Waals surface area contributed by atoms with Crippen LogP contribution in [0.2, 0.25) is 0 Å². The summed E-state index contributed by atoms with van der Waals surface area (Å²) in [6.07, 6.45) is 5.33. The second-order valence-corrected chi connectivity index (χ2v) is 4.98. The summed E-state index contributed by atoms with van der Waals surface area (Å²) in [4.78, 5) is 0. The van der Waals surface area contributed by atoms with Gasteiger partial charge in [-0.2, -0.15) is 0 Å². The molecule has 1 aromatic carbocycles.